The van der Waals surface area contributed by atoms with E-state index in [0.717, 1.165) is 0 Å². The first-order chi connectivity index (χ1) is 0. The van der Waals surface area contributed by atoms with Crippen molar-refractivity contribution in [1.82, 2.24) is 0 Å². The number of hydrogen-bond acceptors (Lipinski definition) is 0. The molecule has 0 spiro atoms. The predicted octanol–water partition coefficient (Wildman–Crippen LogP) is -1.52. The summed E-state index contributed by atoms with van der Waals surface area (Å²) in [7, 11) is 0. The van der Waals surface area contributed by atoms with Crippen molar-refractivity contribution in [2.45, 2.75) is 0 Å². The fourth-order valence-corrected chi connectivity index (χ4v) is 0. The molecular formula is BGeInSi. The van der Waals surface area contributed by atoms with Gasteiger partial charge in [-0.1, -0.05) is 0 Å². The molecule has 0 aromatic heterocycles. The monoisotopic (exact) mass is 228 g/mol. The van der Waals surface area contributed by atoms with Gasteiger partial charge in [0.15, 0.2) is 0 Å². The van der Waals surface area contributed by atoms with Crippen LogP contribution in [0.25, 0.3) is 0 Å². The molecule has 0 heterocycles. The van der Waals surface area contributed by atoms with Gasteiger partial charge in [-0.05, 0) is 0 Å². The van der Waals surface area contributed by atoms with Crippen molar-refractivity contribution >= 4 is 62.8 Å². The third-order valence-corrected chi connectivity index (χ3v) is 0. The second-order valence-corrected chi connectivity index (χ2v) is 0. The zero-order valence-electron chi connectivity index (χ0n) is 2.15. The maximum Gasteiger partial charge on any atom is 0 e. The summed E-state index contributed by atoms with van der Waals surface area (Å²) in [6.07, 6.45) is 0. The van der Waals surface area contributed by atoms with Crippen molar-refractivity contribution in [1.29, 1.82) is 0 Å². The Hall–Kier alpha value is 1.69. The Bertz CT molecular complexity index is 8.00. The molecule has 0 aliphatic rings. The van der Waals surface area contributed by atoms with E-state index >= 15 is 0 Å². The van der Waals surface area contributed by atoms with E-state index in [1.807, 2.05) is 0 Å². The van der Waals surface area contributed by atoms with Crippen molar-refractivity contribution in [3.8, 4) is 0 Å². The average molecular weight is 226 g/mol. The van der Waals surface area contributed by atoms with Crippen LogP contribution in [0.4, 0.5) is 0 Å². The van der Waals surface area contributed by atoms with Crippen molar-refractivity contribution < 1.29 is 0 Å². The van der Waals surface area contributed by atoms with Gasteiger partial charge in [0.1, 0.15) is 0 Å². The van der Waals surface area contributed by atoms with Gasteiger partial charge < -0.3 is 0 Å². The zero-order valence-corrected chi connectivity index (χ0v) is 8.55. The second-order valence-electron chi connectivity index (χ2n) is 0. The third-order valence-electron chi connectivity index (χ3n) is 0. The Morgan fingerprint density at radius 1 is 1.00 bits per heavy atom. The molecule has 0 fully saturated rings. The molecule has 0 nitrogen and oxygen atoms in total. The van der Waals surface area contributed by atoms with E-state index in [0.29, 0.717) is 0 Å². The summed E-state index contributed by atoms with van der Waals surface area (Å²) < 4.78 is 0. The van der Waals surface area contributed by atoms with Crippen molar-refractivity contribution in [2.24, 2.45) is 0 Å². The fraction of sp³-hybridized carbons (Fsp3) is 0. The van der Waals surface area contributed by atoms with E-state index < -0.39 is 0 Å². The van der Waals surface area contributed by atoms with Crippen LogP contribution in [0.2, 0.25) is 0 Å². The van der Waals surface area contributed by atoms with Crippen LogP contribution in [0, 0.1) is 0 Å². The molecule has 0 rings (SSSR count). The van der Waals surface area contributed by atoms with E-state index in [1.165, 1.54) is 0 Å². The Labute approximate surface area is 62.5 Å². The molecule has 4 heteroatoms. The third kappa shape index (κ3) is 9.34. The Balaban J connectivity index is 0. The zero-order chi connectivity index (χ0) is 0. The molecule has 0 bridgehead atoms. The van der Waals surface area contributed by atoms with Crippen LogP contribution in [0.1, 0.15) is 0 Å². The molecule has 14 radical (unpaired) electrons. The molecule has 0 aromatic carbocycles. The molecule has 0 aromatic rings. The average Bonchev–Trinajstić information content (AvgIpc) is 0. The molecular weight excluding hydrogens is 226 g/mol. The SMILES string of the molecule is [B].[Ge].[In].[Si]. The van der Waals surface area contributed by atoms with Gasteiger partial charge in [-0.15, -0.1) is 0 Å². The first kappa shape index (κ1) is 43.7. The van der Waals surface area contributed by atoms with Crippen LogP contribution < -0.4 is 0 Å². The summed E-state index contributed by atoms with van der Waals surface area (Å²) in [6, 6.07) is 0. The van der Waals surface area contributed by atoms with Crippen molar-refractivity contribution in [3.63, 3.8) is 0 Å². The Morgan fingerprint density at radius 2 is 1.00 bits per heavy atom. The maximum atomic E-state index is 0. The van der Waals surface area contributed by atoms with Crippen LogP contribution >= 0.6 is 0 Å². The summed E-state index contributed by atoms with van der Waals surface area (Å²) in [5.74, 6) is 0. The van der Waals surface area contributed by atoms with Gasteiger partial charge >= 0.3 is 0 Å². The summed E-state index contributed by atoms with van der Waals surface area (Å²) in [5.41, 5.74) is 0. The van der Waals surface area contributed by atoms with Crippen LogP contribution in [0.3, 0.4) is 0 Å². The van der Waals surface area contributed by atoms with Crippen molar-refractivity contribution in [2.75, 3.05) is 0 Å². The maximum absolute atomic E-state index is 0. The number of hydrogen-bond donors (Lipinski definition) is 0. The Morgan fingerprint density at radius 3 is 1.00 bits per heavy atom. The normalized spacial score (nSPS) is 0. The molecule has 0 atom stereocenters. The molecule has 0 aliphatic carbocycles. The predicted molar refractivity (Wildman–Crippen MR) is 23.0 cm³/mol. The molecule has 0 unspecified atom stereocenters. The first-order valence-electron chi connectivity index (χ1n) is 0. The summed E-state index contributed by atoms with van der Waals surface area (Å²) >= 11 is 0. The molecule has 14 valence electrons. The molecule has 0 N–H and O–H groups in total. The van der Waals surface area contributed by atoms with Crippen LogP contribution in [-0.4, -0.2) is 62.8 Å². The minimum atomic E-state index is 0. The van der Waals surface area contributed by atoms with Gasteiger partial charge in [0.05, 0.1) is 0 Å². The van der Waals surface area contributed by atoms with E-state index in [2.05, 4.69) is 0 Å². The topological polar surface area (TPSA) is 0 Å². The van der Waals surface area contributed by atoms with Gasteiger partial charge in [0.25, 0.3) is 0 Å². The van der Waals surface area contributed by atoms with Crippen LogP contribution in [-0.2, 0) is 0 Å². The Kier molecular flexibility index (Phi) is 244. The van der Waals surface area contributed by atoms with Gasteiger partial charge in [-0.2, -0.15) is 0 Å². The fourth-order valence-electron chi connectivity index (χ4n) is 0. The molecule has 0 saturated carbocycles. The number of rotatable bonds is 0. The van der Waals surface area contributed by atoms with Crippen LogP contribution in [0.15, 0.2) is 0 Å². The minimum Gasteiger partial charge on any atom is 0 e. The summed E-state index contributed by atoms with van der Waals surface area (Å²) in [4.78, 5) is 0. The van der Waals surface area contributed by atoms with Crippen LogP contribution in [0.5, 0.6) is 0 Å². The molecule has 0 amide bonds. The summed E-state index contributed by atoms with van der Waals surface area (Å²) in [6.45, 7) is 0. The van der Waals surface area contributed by atoms with Gasteiger partial charge in [0, 0.05) is 62.8 Å². The minimum absolute atomic E-state index is 0. The van der Waals surface area contributed by atoms with E-state index in [-0.39, 0.29) is 62.8 Å². The van der Waals surface area contributed by atoms with Crippen molar-refractivity contribution in [3.05, 3.63) is 0 Å². The molecule has 4 heavy (non-hydrogen) atoms. The largest absolute Gasteiger partial charge is 0 e. The smallest absolute Gasteiger partial charge is 0 e. The quantitative estimate of drug-likeness (QED) is 0.440. The van der Waals surface area contributed by atoms with E-state index in [1.54, 1.807) is 0 Å². The van der Waals surface area contributed by atoms with Gasteiger partial charge in [-0.3, -0.25) is 0 Å². The standard InChI is InChI=1S/B.Ge.In.Si. The summed E-state index contributed by atoms with van der Waals surface area (Å²) in [5, 5.41) is 0. The first-order valence-corrected chi connectivity index (χ1v) is 0. The van der Waals surface area contributed by atoms with E-state index in [9.17, 15) is 0 Å². The van der Waals surface area contributed by atoms with E-state index in [4.69, 9.17) is 0 Å². The molecule has 0 aliphatic heterocycles. The molecule has 0 saturated heterocycles. The van der Waals surface area contributed by atoms with Gasteiger partial charge in [-0.25, -0.2) is 0 Å². The van der Waals surface area contributed by atoms with Gasteiger partial charge in [0.2, 0.25) is 0 Å². The second kappa shape index (κ2) is 22.3.